The molecule has 0 bridgehead atoms. The number of rotatable bonds is 5. The predicted octanol–water partition coefficient (Wildman–Crippen LogP) is 3.65. The molecule has 1 fully saturated rings. The van der Waals surface area contributed by atoms with Gasteiger partial charge in [-0.2, -0.15) is 0 Å². The third kappa shape index (κ3) is 3.44. The minimum absolute atomic E-state index is 0.0243. The molecule has 0 spiro atoms. The summed E-state index contributed by atoms with van der Waals surface area (Å²) >= 11 is 0. The Kier molecular flexibility index (Phi) is 5.25. The van der Waals surface area contributed by atoms with Gasteiger partial charge in [-0.15, -0.1) is 0 Å². The molecule has 4 rings (SSSR count). The van der Waals surface area contributed by atoms with Crippen LogP contribution in [0, 0.1) is 5.82 Å². The number of para-hydroxylation sites is 1. The third-order valence-electron chi connectivity index (χ3n) is 5.36. The van der Waals surface area contributed by atoms with Crippen LogP contribution in [0.15, 0.2) is 84.9 Å². The predicted molar refractivity (Wildman–Crippen MR) is 114 cm³/mol. The van der Waals surface area contributed by atoms with E-state index in [9.17, 15) is 18.8 Å². The van der Waals surface area contributed by atoms with Gasteiger partial charge < -0.3 is 10.6 Å². The van der Waals surface area contributed by atoms with Crippen LogP contribution in [0.2, 0.25) is 0 Å². The minimum Gasteiger partial charge on any atom is -0.322 e. The first-order valence-electron chi connectivity index (χ1n) is 9.77. The number of urea groups is 1. The zero-order valence-corrected chi connectivity index (χ0v) is 16.7. The van der Waals surface area contributed by atoms with Crippen LogP contribution >= 0.6 is 0 Å². The van der Waals surface area contributed by atoms with E-state index in [4.69, 9.17) is 0 Å². The second kappa shape index (κ2) is 8.02. The van der Waals surface area contributed by atoms with Gasteiger partial charge in [0.15, 0.2) is 5.54 Å². The lowest BCUT2D eigenvalue weighted by atomic mass is 9.82. The van der Waals surface area contributed by atoms with E-state index in [0.717, 1.165) is 4.90 Å². The highest BCUT2D eigenvalue weighted by molar-refractivity contribution is 6.13. The Bertz CT molecular complexity index is 1100. The molecule has 2 N–H and O–H groups in total. The molecule has 3 aromatic carbocycles. The van der Waals surface area contributed by atoms with Gasteiger partial charge in [-0.05, 0) is 30.2 Å². The van der Waals surface area contributed by atoms with Gasteiger partial charge in [0.25, 0.3) is 5.91 Å². The molecule has 31 heavy (non-hydrogen) atoms. The zero-order chi connectivity index (χ0) is 22.0. The van der Waals surface area contributed by atoms with Gasteiger partial charge in [0.05, 0.1) is 5.69 Å². The Hall–Kier alpha value is -4.00. The lowest BCUT2D eigenvalue weighted by Crippen LogP contribution is -2.48. The molecule has 1 atom stereocenters. The number of hydrogen-bond donors (Lipinski definition) is 2. The second-order valence-electron chi connectivity index (χ2n) is 7.23. The summed E-state index contributed by atoms with van der Waals surface area (Å²) in [6, 6.07) is 21.5. The summed E-state index contributed by atoms with van der Waals surface area (Å²) in [5.74, 6) is -1.86. The number of imide groups is 1. The molecular weight excluding hydrogens is 397 g/mol. The van der Waals surface area contributed by atoms with Gasteiger partial charge in [0, 0.05) is 0 Å². The van der Waals surface area contributed by atoms with Crippen LogP contribution in [0.1, 0.15) is 18.1 Å². The van der Waals surface area contributed by atoms with Gasteiger partial charge in [-0.1, -0.05) is 72.8 Å². The summed E-state index contributed by atoms with van der Waals surface area (Å²) in [5.41, 5.74) is -0.345. The van der Waals surface area contributed by atoms with Gasteiger partial charge in [-0.25, -0.2) is 14.1 Å². The largest absolute Gasteiger partial charge is 0.326 e. The molecule has 1 aliphatic rings. The quantitative estimate of drug-likeness (QED) is 0.622. The van der Waals surface area contributed by atoms with Crippen molar-refractivity contribution >= 4 is 23.5 Å². The van der Waals surface area contributed by atoms with Crippen molar-refractivity contribution in [2.45, 2.75) is 18.5 Å². The minimum atomic E-state index is -1.47. The van der Waals surface area contributed by atoms with Crippen LogP contribution < -0.4 is 10.6 Å². The number of anilines is 1. The van der Waals surface area contributed by atoms with E-state index >= 15 is 0 Å². The maximum Gasteiger partial charge on any atom is 0.326 e. The molecule has 7 heteroatoms. The van der Waals surface area contributed by atoms with Crippen molar-refractivity contribution in [3.63, 3.8) is 0 Å². The van der Waals surface area contributed by atoms with E-state index in [1.807, 2.05) is 12.1 Å². The average Bonchev–Trinajstić information content (AvgIpc) is 3.07. The molecule has 0 unspecified atom stereocenters. The Morgan fingerprint density at radius 1 is 0.903 bits per heavy atom. The highest BCUT2D eigenvalue weighted by Gasteiger charge is 2.55. The highest BCUT2D eigenvalue weighted by Crippen LogP contribution is 2.36. The molecule has 0 aromatic heterocycles. The monoisotopic (exact) mass is 417 g/mol. The van der Waals surface area contributed by atoms with E-state index in [2.05, 4.69) is 10.6 Å². The lowest BCUT2D eigenvalue weighted by Gasteiger charge is -2.29. The highest BCUT2D eigenvalue weighted by atomic mass is 19.1. The Balaban J connectivity index is 1.71. The molecule has 0 radical (unpaired) electrons. The first kappa shape index (κ1) is 20.3. The van der Waals surface area contributed by atoms with E-state index in [1.54, 1.807) is 54.6 Å². The number of carbonyl (C=O) groups excluding carboxylic acids is 3. The number of carbonyl (C=O) groups is 3. The molecule has 1 heterocycles. The van der Waals surface area contributed by atoms with Crippen LogP contribution in [-0.2, 0) is 15.1 Å². The third-order valence-corrected chi connectivity index (χ3v) is 5.36. The van der Waals surface area contributed by atoms with E-state index in [-0.39, 0.29) is 5.69 Å². The van der Waals surface area contributed by atoms with E-state index in [0.29, 0.717) is 11.1 Å². The Labute approximate surface area is 178 Å². The van der Waals surface area contributed by atoms with Crippen molar-refractivity contribution < 1.29 is 18.8 Å². The summed E-state index contributed by atoms with van der Waals surface area (Å²) in [6.45, 7) is 1.43. The maximum atomic E-state index is 13.9. The topological polar surface area (TPSA) is 78.5 Å². The van der Waals surface area contributed by atoms with E-state index < -0.39 is 35.2 Å². The summed E-state index contributed by atoms with van der Waals surface area (Å²) in [4.78, 5) is 40.3. The van der Waals surface area contributed by atoms with Crippen molar-refractivity contribution in [3.05, 3.63) is 102 Å². The molecule has 1 saturated heterocycles. The van der Waals surface area contributed by atoms with Crippen LogP contribution in [-0.4, -0.2) is 28.8 Å². The number of nitrogens with zero attached hydrogens (tertiary/aromatic N) is 1. The van der Waals surface area contributed by atoms with Crippen molar-refractivity contribution in [2.24, 2.45) is 0 Å². The van der Waals surface area contributed by atoms with Gasteiger partial charge in [0.2, 0.25) is 5.91 Å². The summed E-state index contributed by atoms with van der Waals surface area (Å²) in [7, 11) is 0. The Morgan fingerprint density at radius 3 is 1.97 bits per heavy atom. The van der Waals surface area contributed by atoms with Crippen LogP contribution in [0.4, 0.5) is 14.9 Å². The summed E-state index contributed by atoms with van der Waals surface area (Å²) < 4.78 is 13.9. The number of amides is 4. The summed E-state index contributed by atoms with van der Waals surface area (Å²) in [6.07, 6.45) is 0. The zero-order valence-electron chi connectivity index (χ0n) is 16.7. The number of benzene rings is 3. The van der Waals surface area contributed by atoms with Crippen LogP contribution in [0.5, 0.6) is 0 Å². The molecule has 6 nitrogen and oxygen atoms in total. The maximum absolute atomic E-state index is 13.9. The SMILES string of the molecule is C[C@@H](C(=O)Nc1ccccc1F)N1C(=O)NC(c2ccccc2)(c2ccccc2)C1=O. The molecule has 156 valence electrons. The van der Waals surface area contributed by atoms with Crippen LogP contribution in [0.3, 0.4) is 0 Å². The van der Waals surface area contributed by atoms with Gasteiger partial charge in [0.1, 0.15) is 11.9 Å². The van der Waals surface area contributed by atoms with Crippen molar-refractivity contribution in [1.82, 2.24) is 10.2 Å². The fourth-order valence-corrected chi connectivity index (χ4v) is 3.75. The lowest BCUT2D eigenvalue weighted by molar-refractivity contribution is -0.135. The fourth-order valence-electron chi connectivity index (χ4n) is 3.75. The average molecular weight is 417 g/mol. The van der Waals surface area contributed by atoms with Gasteiger partial charge in [-0.3, -0.25) is 9.59 Å². The van der Waals surface area contributed by atoms with Crippen molar-refractivity contribution in [1.29, 1.82) is 0 Å². The van der Waals surface area contributed by atoms with Gasteiger partial charge >= 0.3 is 6.03 Å². The second-order valence-corrected chi connectivity index (χ2v) is 7.23. The molecular formula is C24H20FN3O3. The molecule has 1 aliphatic heterocycles. The number of nitrogens with one attached hydrogen (secondary N) is 2. The molecule has 0 aliphatic carbocycles. The number of halogens is 1. The summed E-state index contributed by atoms with van der Waals surface area (Å²) in [5, 5.41) is 5.24. The van der Waals surface area contributed by atoms with Crippen molar-refractivity contribution in [3.8, 4) is 0 Å². The molecule has 4 amide bonds. The fraction of sp³-hybridized carbons (Fsp3) is 0.125. The first-order chi connectivity index (χ1) is 14.9. The molecule has 0 saturated carbocycles. The normalized spacial score (nSPS) is 16.0. The molecule has 3 aromatic rings. The number of hydrogen-bond acceptors (Lipinski definition) is 3. The Morgan fingerprint density at radius 2 is 1.42 bits per heavy atom. The smallest absolute Gasteiger partial charge is 0.322 e. The first-order valence-corrected chi connectivity index (χ1v) is 9.77. The standard InChI is InChI=1S/C24H20FN3O3/c1-16(21(29)26-20-15-9-8-14-19(20)25)28-22(30)24(27-23(28)31,17-10-4-2-5-11-17)18-12-6-3-7-13-18/h2-16H,1H3,(H,26,29)(H,27,31)/t16-/m0/s1. The van der Waals surface area contributed by atoms with E-state index in [1.165, 1.54) is 25.1 Å². The van der Waals surface area contributed by atoms with Crippen LogP contribution in [0.25, 0.3) is 0 Å². The van der Waals surface area contributed by atoms with Crippen molar-refractivity contribution in [2.75, 3.05) is 5.32 Å².